The van der Waals surface area contributed by atoms with Crippen molar-refractivity contribution in [1.82, 2.24) is 0 Å². The number of imide groups is 1. The van der Waals surface area contributed by atoms with Crippen molar-refractivity contribution in [2.45, 2.75) is 26.9 Å². The summed E-state index contributed by atoms with van der Waals surface area (Å²) in [5.41, 5.74) is 4.51. The van der Waals surface area contributed by atoms with Gasteiger partial charge in [0, 0.05) is 25.5 Å². The van der Waals surface area contributed by atoms with Crippen molar-refractivity contribution in [3.05, 3.63) is 89.6 Å². The van der Waals surface area contributed by atoms with Crippen LogP contribution in [0, 0.1) is 6.92 Å². The maximum absolute atomic E-state index is 13.7. The molecule has 0 fully saturated rings. The lowest BCUT2D eigenvalue weighted by Crippen LogP contribution is -2.33. The summed E-state index contributed by atoms with van der Waals surface area (Å²) in [4.78, 5) is 30.6. The molecule has 4 rings (SSSR count). The highest BCUT2D eigenvalue weighted by molar-refractivity contribution is 6.46. The zero-order valence-electron chi connectivity index (χ0n) is 20.1. The summed E-state index contributed by atoms with van der Waals surface area (Å²) >= 11 is 0. The molecule has 0 aromatic heterocycles. The number of para-hydroxylation sites is 2. The van der Waals surface area contributed by atoms with Gasteiger partial charge in [0.1, 0.15) is 11.4 Å². The van der Waals surface area contributed by atoms with Gasteiger partial charge in [-0.05, 0) is 62.7 Å². The Hall–Kier alpha value is -4.06. The minimum atomic E-state index is -0.419. The summed E-state index contributed by atoms with van der Waals surface area (Å²) in [6.45, 7) is 5.80. The van der Waals surface area contributed by atoms with Crippen LogP contribution in [-0.4, -0.2) is 32.0 Å². The van der Waals surface area contributed by atoms with Crippen molar-refractivity contribution < 1.29 is 14.3 Å². The molecule has 1 heterocycles. The van der Waals surface area contributed by atoms with E-state index in [0.29, 0.717) is 22.6 Å². The largest absolute Gasteiger partial charge is 0.489 e. The van der Waals surface area contributed by atoms with Gasteiger partial charge in [0.25, 0.3) is 11.8 Å². The summed E-state index contributed by atoms with van der Waals surface area (Å²) < 4.78 is 5.91. The summed E-state index contributed by atoms with van der Waals surface area (Å²) in [6.07, 6.45) is -0.105. The molecule has 0 saturated heterocycles. The maximum Gasteiger partial charge on any atom is 0.282 e. The SMILES string of the molecule is Cc1ccc(C2=C(Nc3ccc(N(C)C)cc3)C(=O)N(c3ccccc3OC(C)C)C2=O)cc1. The van der Waals surface area contributed by atoms with Crippen LogP contribution < -0.4 is 19.9 Å². The average molecular weight is 456 g/mol. The third-order valence-electron chi connectivity index (χ3n) is 5.55. The van der Waals surface area contributed by atoms with Gasteiger partial charge in [-0.25, -0.2) is 4.90 Å². The molecule has 2 amide bonds. The lowest BCUT2D eigenvalue weighted by Gasteiger charge is -2.20. The Kier molecular flexibility index (Phi) is 6.41. The first-order chi connectivity index (χ1) is 16.3. The molecule has 1 aliphatic heterocycles. The second-order valence-electron chi connectivity index (χ2n) is 8.76. The first kappa shape index (κ1) is 23.1. The van der Waals surface area contributed by atoms with E-state index in [4.69, 9.17) is 4.74 Å². The van der Waals surface area contributed by atoms with Crippen molar-refractivity contribution >= 4 is 34.4 Å². The normalized spacial score (nSPS) is 13.6. The fourth-order valence-corrected chi connectivity index (χ4v) is 3.84. The Morgan fingerprint density at radius 1 is 0.853 bits per heavy atom. The Morgan fingerprint density at radius 2 is 1.50 bits per heavy atom. The number of aryl methyl sites for hydroxylation is 1. The second kappa shape index (κ2) is 9.43. The quantitative estimate of drug-likeness (QED) is 0.494. The van der Waals surface area contributed by atoms with Crippen LogP contribution in [0.15, 0.2) is 78.5 Å². The number of hydrogen-bond donors (Lipinski definition) is 1. The molecule has 0 bridgehead atoms. The van der Waals surface area contributed by atoms with Crippen LogP contribution in [0.5, 0.6) is 5.75 Å². The molecule has 0 unspecified atom stereocenters. The number of benzene rings is 3. The van der Waals surface area contributed by atoms with E-state index in [0.717, 1.165) is 16.9 Å². The predicted molar refractivity (Wildman–Crippen MR) is 137 cm³/mol. The molecular weight excluding hydrogens is 426 g/mol. The Labute approximate surface area is 200 Å². The lowest BCUT2D eigenvalue weighted by atomic mass is 10.0. The molecule has 174 valence electrons. The van der Waals surface area contributed by atoms with Crippen molar-refractivity contribution in [3.63, 3.8) is 0 Å². The molecule has 3 aromatic carbocycles. The van der Waals surface area contributed by atoms with E-state index >= 15 is 0 Å². The van der Waals surface area contributed by atoms with Gasteiger partial charge in [-0.2, -0.15) is 0 Å². The van der Waals surface area contributed by atoms with Gasteiger partial charge in [0.2, 0.25) is 0 Å². The molecule has 1 N–H and O–H groups in total. The summed E-state index contributed by atoms with van der Waals surface area (Å²) in [5, 5.41) is 3.22. The minimum absolute atomic E-state index is 0.105. The number of nitrogens with one attached hydrogen (secondary N) is 1. The highest BCUT2D eigenvalue weighted by Crippen LogP contribution is 2.38. The minimum Gasteiger partial charge on any atom is -0.489 e. The lowest BCUT2D eigenvalue weighted by molar-refractivity contribution is -0.120. The molecular formula is C28H29N3O3. The van der Waals surface area contributed by atoms with E-state index in [9.17, 15) is 9.59 Å². The number of carbonyl (C=O) groups is 2. The Morgan fingerprint density at radius 3 is 2.12 bits per heavy atom. The summed E-state index contributed by atoms with van der Waals surface area (Å²) in [7, 11) is 3.93. The van der Waals surface area contributed by atoms with Crippen LogP contribution in [0.4, 0.5) is 17.1 Å². The van der Waals surface area contributed by atoms with Gasteiger partial charge >= 0.3 is 0 Å². The molecule has 0 atom stereocenters. The number of anilines is 3. The van der Waals surface area contributed by atoms with Gasteiger partial charge in [0.05, 0.1) is 17.4 Å². The van der Waals surface area contributed by atoms with Crippen LogP contribution in [0.25, 0.3) is 5.57 Å². The summed E-state index contributed by atoms with van der Waals surface area (Å²) in [6, 6.07) is 22.4. The number of rotatable bonds is 7. The van der Waals surface area contributed by atoms with Gasteiger partial charge in [0.15, 0.2) is 0 Å². The molecule has 34 heavy (non-hydrogen) atoms. The van der Waals surface area contributed by atoms with E-state index in [1.165, 1.54) is 4.90 Å². The first-order valence-corrected chi connectivity index (χ1v) is 11.3. The van der Waals surface area contributed by atoms with Gasteiger partial charge in [-0.15, -0.1) is 0 Å². The van der Waals surface area contributed by atoms with E-state index in [2.05, 4.69) is 5.32 Å². The number of nitrogens with zero attached hydrogens (tertiary/aromatic N) is 2. The van der Waals surface area contributed by atoms with E-state index in [1.807, 2.05) is 94.4 Å². The molecule has 0 radical (unpaired) electrons. The fourth-order valence-electron chi connectivity index (χ4n) is 3.84. The molecule has 6 nitrogen and oxygen atoms in total. The third-order valence-corrected chi connectivity index (χ3v) is 5.55. The van der Waals surface area contributed by atoms with E-state index < -0.39 is 5.91 Å². The molecule has 0 saturated carbocycles. The van der Waals surface area contributed by atoms with Gasteiger partial charge in [-0.3, -0.25) is 9.59 Å². The Bertz CT molecular complexity index is 1240. The zero-order chi connectivity index (χ0) is 24.4. The van der Waals surface area contributed by atoms with Crippen LogP contribution in [-0.2, 0) is 9.59 Å². The number of ether oxygens (including phenoxy) is 1. The van der Waals surface area contributed by atoms with Crippen molar-refractivity contribution in [2.24, 2.45) is 0 Å². The molecule has 6 heteroatoms. The highest BCUT2D eigenvalue weighted by atomic mass is 16.5. The number of amides is 2. The Balaban J connectivity index is 1.79. The van der Waals surface area contributed by atoms with E-state index in [1.54, 1.807) is 18.2 Å². The third kappa shape index (κ3) is 4.53. The van der Waals surface area contributed by atoms with Crippen molar-refractivity contribution in [1.29, 1.82) is 0 Å². The number of carbonyl (C=O) groups excluding carboxylic acids is 2. The number of hydrogen-bond acceptors (Lipinski definition) is 5. The van der Waals surface area contributed by atoms with Crippen molar-refractivity contribution in [3.8, 4) is 5.75 Å². The zero-order valence-corrected chi connectivity index (χ0v) is 20.1. The molecule has 0 spiro atoms. The monoisotopic (exact) mass is 455 g/mol. The van der Waals surface area contributed by atoms with Gasteiger partial charge < -0.3 is 15.0 Å². The van der Waals surface area contributed by atoms with Crippen molar-refractivity contribution in [2.75, 3.05) is 29.2 Å². The first-order valence-electron chi connectivity index (χ1n) is 11.3. The van der Waals surface area contributed by atoms with Crippen LogP contribution >= 0.6 is 0 Å². The predicted octanol–water partition coefficient (Wildman–Crippen LogP) is 5.24. The topological polar surface area (TPSA) is 61.9 Å². The van der Waals surface area contributed by atoms with Gasteiger partial charge in [-0.1, -0.05) is 42.0 Å². The molecule has 0 aliphatic carbocycles. The standard InChI is InChI=1S/C28H29N3O3/c1-18(2)34-24-9-7-6-8-23(24)31-27(32)25(20-12-10-19(3)11-13-20)26(28(31)33)29-21-14-16-22(17-15-21)30(4)5/h6-18,29H,1-5H3. The molecule has 3 aromatic rings. The second-order valence-corrected chi connectivity index (χ2v) is 8.76. The van der Waals surface area contributed by atoms with Crippen LogP contribution in [0.2, 0.25) is 0 Å². The van der Waals surface area contributed by atoms with Crippen LogP contribution in [0.1, 0.15) is 25.0 Å². The fraction of sp³-hybridized carbons (Fsp3) is 0.214. The van der Waals surface area contributed by atoms with Crippen LogP contribution in [0.3, 0.4) is 0 Å². The molecule has 1 aliphatic rings. The smallest absolute Gasteiger partial charge is 0.282 e. The average Bonchev–Trinajstić information content (AvgIpc) is 3.04. The highest BCUT2D eigenvalue weighted by Gasteiger charge is 2.41. The van der Waals surface area contributed by atoms with E-state index in [-0.39, 0.29) is 17.7 Å². The summed E-state index contributed by atoms with van der Waals surface area (Å²) in [5.74, 6) is -0.322. The maximum atomic E-state index is 13.7.